The normalized spacial score (nSPS) is 23.0. The Hall–Kier alpha value is -1.00. The molecule has 0 aliphatic heterocycles. The largest absolute Gasteiger partial charge is 0.330 e. The SMILES string of the molecule is CCN(Cc1cccc(C(F)F)c1)C1CCCCC1CN. The van der Waals surface area contributed by atoms with Crippen molar-refractivity contribution in [2.24, 2.45) is 11.7 Å². The summed E-state index contributed by atoms with van der Waals surface area (Å²) in [6.07, 6.45) is 2.47. The Morgan fingerprint density at radius 3 is 2.71 bits per heavy atom. The van der Waals surface area contributed by atoms with Crippen LogP contribution in [0, 0.1) is 5.92 Å². The molecule has 0 bridgehead atoms. The van der Waals surface area contributed by atoms with E-state index in [1.807, 2.05) is 6.07 Å². The first-order valence-corrected chi connectivity index (χ1v) is 7.96. The molecule has 1 saturated carbocycles. The maximum absolute atomic E-state index is 12.8. The quantitative estimate of drug-likeness (QED) is 0.861. The lowest BCUT2D eigenvalue weighted by molar-refractivity contribution is 0.105. The minimum atomic E-state index is -2.40. The Balaban J connectivity index is 2.09. The molecule has 0 saturated heterocycles. The van der Waals surface area contributed by atoms with Crippen molar-refractivity contribution in [2.45, 2.75) is 51.6 Å². The lowest BCUT2D eigenvalue weighted by Crippen LogP contribution is -2.44. The molecule has 0 spiro atoms. The Labute approximate surface area is 126 Å². The van der Waals surface area contributed by atoms with Crippen LogP contribution in [0.1, 0.15) is 50.2 Å². The molecule has 1 fully saturated rings. The fourth-order valence-electron chi connectivity index (χ4n) is 3.47. The van der Waals surface area contributed by atoms with Gasteiger partial charge in [0, 0.05) is 18.2 Å². The zero-order valence-corrected chi connectivity index (χ0v) is 12.8. The van der Waals surface area contributed by atoms with Crippen LogP contribution in [0.15, 0.2) is 24.3 Å². The molecule has 2 nitrogen and oxygen atoms in total. The van der Waals surface area contributed by atoms with Crippen LogP contribution >= 0.6 is 0 Å². The van der Waals surface area contributed by atoms with Gasteiger partial charge in [-0.05, 0) is 43.5 Å². The molecule has 0 aromatic heterocycles. The van der Waals surface area contributed by atoms with Crippen molar-refractivity contribution in [3.63, 3.8) is 0 Å². The zero-order chi connectivity index (χ0) is 15.2. The van der Waals surface area contributed by atoms with Gasteiger partial charge >= 0.3 is 0 Å². The van der Waals surface area contributed by atoms with Gasteiger partial charge in [-0.2, -0.15) is 0 Å². The van der Waals surface area contributed by atoms with Crippen molar-refractivity contribution in [1.82, 2.24) is 4.90 Å². The van der Waals surface area contributed by atoms with Crippen molar-refractivity contribution < 1.29 is 8.78 Å². The van der Waals surface area contributed by atoms with Crippen molar-refractivity contribution in [3.05, 3.63) is 35.4 Å². The van der Waals surface area contributed by atoms with Crippen molar-refractivity contribution in [2.75, 3.05) is 13.1 Å². The summed E-state index contributed by atoms with van der Waals surface area (Å²) in [5.41, 5.74) is 7.00. The van der Waals surface area contributed by atoms with Crippen molar-refractivity contribution in [1.29, 1.82) is 0 Å². The molecule has 2 N–H and O–H groups in total. The molecule has 1 aliphatic rings. The van der Waals surface area contributed by atoms with E-state index in [2.05, 4.69) is 11.8 Å². The minimum Gasteiger partial charge on any atom is -0.330 e. The van der Waals surface area contributed by atoms with Crippen LogP contribution in [0.4, 0.5) is 8.78 Å². The summed E-state index contributed by atoms with van der Waals surface area (Å²) in [5.74, 6) is 0.539. The van der Waals surface area contributed by atoms with E-state index in [4.69, 9.17) is 5.73 Å². The highest BCUT2D eigenvalue weighted by molar-refractivity contribution is 5.24. The predicted molar refractivity (Wildman–Crippen MR) is 82.3 cm³/mol. The molecule has 0 amide bonds. The number of halogens is 2. The van der Waals surface area contributed by atoms with Crippen LogP contribution in [-0.4, -0.2) is 24.0 Å². The van der Waals surface area contributed by atoms with E-state index in [1.54, 1.807) is 12.1 Å². The summed E-state index contributed by atoms with van der Waals surface area (Å²) < 4.78 is 25.6. The summed E-state index contributed by atoms with van der Waals surface area (Å²) >= 11 is 0. The van der Waals surface area contributed by atoms with Gasteiger partial charge in [0.1, 0.15) is 0 Å². The first-order chi connectivity index (χ1) is 10.2. The van der Waals surface area contributed by atoms with Gasteiger partial charge in [0.2, 0.25) is 0 Å². The molecule has 21 heavy (non-hydrogen) atoms. The zero-order valence-electron chi connectivity index (χ0n) is 12.8. The lowest BCUT2D eigenvalue weighted by atomic mass is 9.83. The van der Waals surface area contributed by atoms with E-state index >= 15 is 0 Å². The van der Waals surface area contributed by atoms with Gasteiger partial charge in [-0.3, -0.25) is 4.90 Å². The maximum Gasteiger partial charge on any atom is 0.263 e. The van der Waals surface area contributed by atoms with E-state index in [0.717, 1.165) is 25.2 Å². The summed E-state index contributed by atoms with van der Waals surface area (Å²) in [4.78, 5) is 2.40. The Morgan fingerprint density at radius 2 is 2.05 bits per heavy atom. The third kappa shape index (κ3) is 4.24. The van der Waals surface area contributed by atoms with E-state index in [0.29, 0.717) is 12.0 Å². The molecule has 0 radical (unpaired) electrons. The molecular formula is C17H26F2N2. The van der Waals surface area contributed by atoms with Gasteiger partial charge in [0.05, 0.1) is 0 Å². The fourth-order valence-corrected chi connectivity index (χ4v) is 3.47. The predicted octanol–water partition coefficient (Wildman–Crippen LogP) is 3.96. The number of rotatable bonds is 6. The Bertz CT molecular complexity index is 437. The first-order valence-electron chi connectivity index (χ1n) is 7.96. The van der Waals surface area contributed by atoms with Crippen LogP contribution in [0.5, 0.6) is 0 Å². The first kappa shape index (κ1) is 16.4. The van der Waals surface area contributed by atoms with Gasteiger partial charge in [-0.15, -0.1) is 0 Å². The summed E-state index contributed by atoms with van der Waals surface area (Å²) in [6.45, 7) is 4.52. The van der Waals surface area contributed by atoms with Gasteiger partial charge in [0.25, 0.3) is 6.43 Å². The topological polar surface area (TPSA) is 29.3 Å². The highest BCUT2D eigenvalue weighted by atomic mass is 19.3. The minimum absolute atomic E-state index is 0.113. The third-order valence-corrected chi connectivity index (χ3v) is 4.64. The molecule has 118 valence electrons. The second-order valence-corrected chi connectivity index (χ2v) is 5.96. The summed E-state index contributed by atoms with van der Waals surface area (Å²) in [6, 6.07) is 7.28. The fraction of sp³-hybridized carbons (Fsp3) is 0.647. The van der Waals surface area contributed by atoms with Crippen LogP contribution < -0.4 is 5.73 Å². The van der Waals surface area contributed by atoms with Crippen LogP contribution in [-0.2, 0) is 6.54 Å². The summed E-state index contributed by atoms with van der Waals surface area (Å²) in [5, 5.41) is 0. The molecule has 1 aromatic rings. The van der Waals surface area contributed by atoms with Crippen LogP contribution in [0.2, 0.25) is 0 Å². The van der Waals surface area contributed by atoms with Crippen LogP contribution in [0.3, 0.4) is 0 Å². The maximum atomic E-state index is 12.8. The molecule has 2 unspecified atom stereocenters. The summed E-state index contributed by atoms with van der Waals surface area (Å²) in [7, 11) is 0. The number of nitrogens with two attached hydrogens (primary N) is 1. The molecule has 2 atom stereocenters. The average Bonchev–Trinajstić information content (AvgIpc) is 2.52. The van der Waals surface area contributed by atoms with Gasteiger partial charge in [-0.25, -0.2) is 8.78 Å². The number of hydrogen-bond donors (Lipinski definition) is 1. The van der Waals surface area contributed by atoms with E-state index < -0.39 is 6.43 Å². The Kier molecular flexibility index (Phi) is 6.12. The second kappa shape index (κ2) is 7.85. The second-order valence-electron chi connectivity index (χ2n) is 5.96. The standard InChI is InChI=1S/C17H26F2N2/c1-2-21(16-9-4-3-7-15(16)11-20)12-13-6-5-8-14(10-13)17(18)19/h5-6,8,10,15-17H,2-4,7,9,11-12,20H2,1H3. The molecule has 2 rings (SSSR count). The van der Waals surface area contributed by atoms with Crippen LogP contribution in [0.25, 0.3) is 0 Å². The van der Waals surface area contributed by atoms with Gasteiger partial charge in [-0.1, -0.05) is 38.0 Å². The molecule has 0 heterocycles. The third-order valence-electron chi connectivity index (χ3n) is 4.64. The van der Waals surface area contributed by atoms with Gasteiger partial charge < -0.3 is 5.73 Å². The van der Waals surface area contributed by atoms with E-state index in [-0.39, 0.29) is 5.56 Å². The molecule has 1 aliphatic carbocycles. The number of hydrogen-bond acceptors (Lipinski definition) is 2. The lowest BCUT2D eigenvalue weighted by Gasteiger charge is -2.39. The highest BCUT2D eigenvalue weighted by Crippen LogP contribution is 2.29. The van der Waals surface area contributed by atoms with E-state index in [9.17, 15) is 8.78 Å². The number of benzene rings is 1. The molecule has 4 heteroatoms. The number of nitrogens with zero attached hydrogens (tertiary/aromatic N) is 1. The van der Waals surface area contributed by atoms with E-state index in [1.165, 1.54) is 31.7 Å². The molecule has 1 aromatic carbocycles. The average molecular weight is 296 g/mol. The highest BCUT2D eigenvalue weighted by Gasteiger charge is 2.28. The van der Waals surface area contributed by atoms with Gasteiger partial charge in [0.15, 0.2) is 0 Å². The number of alkyl halides is 2. The smallest absolute Gasteiger partial charge is 0.263 e. The Morgan fingerprint density at radius 1 is 1.29 bits per heavy atom. The monoisotopic (exact) mass is 296 g/mol. The molecular weight excluding hydrogens is 270 g/mol. The van der Waals surface area contributed by atoms with Crippen molar-refractivity contribution >= 4 is 0 Å². The van der Waals surface area contributed by atoms with Crippen molar-refractivity contribution in [3.8, 4) is 0 Å².